The van der Waals surface area contributed by atoms with E-state index in [4.69, 9.17) is 0 Å². The molecule has 0 unspecified atom stereocenters. The highest BCUT2D eigenvalue weighted by Gasteiger charge is 1.89. The van der Waals surface area contributed by atoms with Gasteiger partial charge in [0.05, 0.1) is 0 Å². The summed E-state index contributed by atoms with van der Waals surface area (Å²) >= 11 is 0. The second-order valence-electron chi connectivity index (χ2n) is 1.33. The van der Waals surface area contributed by atoms with Crippen LogP contribution >= 0.6 is 0 Å². The van der Waals surface area contributed by atoms with Gasteiger partial charge in [-0.15, -0.1) is 0 Å². The molecule has 4 nitrogen and oxygen atoms in total. The molecular formula is C4H9N3O. The Morgan fingerprint density at radius 3 is 2.50 bits per heavy atom. The lowest BCUT2D eigenvalue weighted by Gasteiger charge is -2.09. The summed E-state index contributed by atoms with van der Waals surface area (Å²) in [5.41, 5.74) is 2.36. The maximum absolute atomic E-state index is 10.2. The van der Waals surface area contributed by atoms with Crippen molar-refractivity contribution in [3.8, 4) is 0 Å². The number of nitrogens with one attached hydrogen (secondary N) is 1. The highest BCUT2D eigenvalue weighted by atomic mass is 16.2. The third kappa shape index (κ3) is 3.14. The van der Waals surface area contributed by atoms with Gasteiger partial charge in [0.25, 0.3) is 0 Å². The Balaban J connectivity index is 3.38. The Bertz CT molecular complexity index is 101. The van der Waals surface area contributed by atoms with Crippen LogP contribution in [0.3, 0.4) is 0 Å². The van der Waals surface area contributed by atoms with E-state index >= 15 is 0 Å². The Morgan fingerprint density at radius 1 is 1.88 bits per heavy atom. The summed E-state index contributed by atoms with van der Waals surface area (Å²) in [6.07, 6.45) is 0. The van der Waals surface area contributed by atoms with Gasteiger partial charge >= 0.3 is 0 Å². The summed E-state index contributed by atoms with van der Waals surface area (Å²) in [4.78, 5) is 10.2. The fourth-order valence-electron chi connectivity index (χ4n) is 0.263. The SMILES string of the molecule is C=NN(C)NC(C)=O. The minimum absolute atomic E-state index is 0.153. The smallest absolute Gasteiger partial charge is 0.236 e. The van der Waals surface area contributed by atoms with Gasteiger partial charge in [0.1, 0.15) is 0 Å². The summed E-state index contributed by atoms with van der Waals surface area (Å²) in [6.45, 7) is 4.58. The summed E-state index contributed by atoms with van der Waals surface area (Å²) in [5.74, 6) is -0.153. The number of carbonyl (C=O) groups is 1. The fourth-order valence-corrected chi connectivity index (χ4v) is 0.263. The minimum atomic E-state index is -0.153. The Hall–Kier alpha value is -1.06. The molecule has 0 saturated heterocycles. The Labute approximate surface area is 48.1 Å². The van der Waals surface area contributed by atoms with Gasteiger partial charge in [-0.2, -0.15) is 5.10 Å². The lowest BCUT2D eigenvalue weighted by atomic mass is 10.8. The molecule has 0 bridgehead atoms. The molecule has 1 N–H and O–H groups in total. The fraction of sp³-hybridized carbons (Fsp3) is 0.500. The van der Waals surface area contributed by atoms with Crippen molar-refractivity contribution in [2.75, 3.05) is 7.05 Å². The Morgan fingerprint density at radius 2 is 2.38 bits per heavy atom. The molecule has 0 atom stereocenters. The maximum Gasteiger partial charge on any atom is 0.236 e. The van der Waals surface area contributed by atoms with Crippen LogP contribution in [-0.4, -0.2) is 24.8 Å². The maximum atomic E-state index is 10.2. The van der Waals surface area contributed by atoms with Crippen molar-refractivity contribution >= 4 is 12.6 Å². The van der Waals surface area contributed by atoms with Crippen molar-refractivity contribution in [1.29, 1.82) is 0 Å². The quantitative estimate of drug-likeness (QED) is 0.392. The summed E-state index contributed by atoms with van der Waals surface area (Å²) in [7, 11) is 1.59. The molecule has 0 aromatic heterocycles. The molecule has 8 heavy (non-hydrogen) atoms. The summed E-state index contributed by atoms with van der Waals surface area (Å²) < 4.78 is 0. The Kier molecular flexibility index (Phi) is 2.61. The van der Waals surface area contributed by atoms with Gasteiger partial charge in [0.15, 0.2) is 0 Å². The number of hydrazine groups is 1. The summed E-state index contributed by atoms with van der Waals surface area (Å²) in [5, 5.41) is 4.62. The molecule has 0 rings (SSSR count). The van der Waals surface area contributed by atoms with Crippen molar-refractivity contribution in [3.63, 3.8) is 0 Å². The van der Waals surface area contributed by atoms with Crippen molar-refractivity contribution in [3.05, 3.63) is 0 Å². The standard InChI is InChI=1S/C4H9N3O/c1-4(8)6-7(3)5-2/h2H2,1,3H3,(H,6,8). The number of rotatable bonds is 2. The van der Waals surface area contributed by atoms with E-state index in [0.29, 0.717) is 0 Å². The topological polar surface area (TPSA) is 44.7 Å². The molecule has 0 heterocycles. The van der Waals surface area contributed by atoms with Gasteiger partial charge in [-0.25, -0.2) is 5.12 Å². The lowest BCUT2D eigenvalue weighted by molar-refractivity contribution is -0.123. The second-order valence-corrected chi connectivity index (χ2v) is 1.33. The highest BCUT2D eigenvalue weighted by Crippen LogP contribution is 1.70. The number of hydrazone groups is 1. The van der Waals surface area contributed by atoms with E-state index in [1.807, 2.05) is 0 Å². The zero-order chi connectivity index (χ0) is 6.57. The van der Waals surface area contributed by atoms with Gasteiger partial charge in [0.2, 0.25) is 5.91 Å². The van der Waals surface area contributed by atoms with Crippen molar-refractivity contribution < 1.29 is 4.79 Å². The average molecular weight is 115 g/mol. The van der Waals surface area contributed by atoms with Crippen LogP contribution < -0.4 is 5.43 Å². The molecule has 0 aromatic rings. The first-order valence-corrected chi connectivity index (χ1v) is 2.14. The molecule has 0 aliphatic heterocycles. The van der Waals surface area contributed by atoms with Crippen LogP contribution in [0.5, 0.6) is 0 Å². The normalized spacial score (nSPS) is 7.75. The van der Waals surface area contributed by atoms with Crippen molar-refractivity contribution in [1.82, 2.24) is 10.5 Å². The predicted molar refractivity (Wildman–Crippen MR) is 31.1 cm³/mol. The van der Waals surface area contributed by atoms with Crippen LogP contribution in [0.25, 0.3) is 0 Å². The number of carbonyl (C=O) groups excluding carboxylic acids is 1. The number of amides is 1. The van der Waals surface area contributed by atoms with Gasteiger partial charge in [-0.1, -0.05) is 0 Å². The molecule has 46 valence electrons. The van der Waals surface area contributed by atoms with E-state index in [-0.39, 0.29) is 5.91 Å². The van der Waals surface area contributed by atoms with E-state index in [2.05, 4.69) is 17.2 Å². The van der Waals surface area contributed by atoms with E-state index in [9.17, 15) is 4.79 Å². The largest absolute Gasteiger partial charge is 0.274 e. The summed E-state index contributed by atoms with van der Waals surface area (Å²) in [6, 6.07) is 0. The lowest BCUT2D eigenvalue weighted by Crippen LogP contribution is -2.33. The van der Waals surface area contributed by atoms with Gasteiger partial charge < -0.3 is 0 Å². The number of hydrogen-bond donors (Lipinski definition) is 1. The molecule has 0 fully saturated rings. The van der Waals surface area contributed by atoms with Gasteiger partial charge in [-0.3, -0.25) is 10.2 Å². The first kappa shape index (κ1) is 6.94. The first-order chi connectivity index (χ1) is 3.66. The van der Waals surface area contributed by atoms with Crippen LogP contribution in [-0.2, 0) is 4.79 Å². The molecule has 4 heteroatoms. The first-order valence-electron chi connectivity index (χ1n) is 2.14. The van der Waals surface area contributed by atoms with E-state index in [0.717, 1.165) is 0 Å². The zero-order valence-corrected chi connectivity index (χ0v) is 5.01. The van der Waals surface area contributed by atoms with Gasteiger partial charge in [-0.05, 0) is 0 Å². The van der Waals surface area contributed by atoms with Crippen LogP contribution in [0.1, 0.15) is 6.92 Å². The average Bonchev–Trinajstić information content (AvgIpc) is 1.65. The highest BCUT2D eigenvalue weighted by molar-refractivity contribution is 5.72. The van der Waals surface area contributed by atoms with E-state index in [1.165, 1.54) is 12.0 Å². The molecule has 1 amide bonds. The predicted octanol–water partition coefficient (Wildman–Crippen LogP) is -0.415. The van der Waals surface area contributed by atoms with E-state index in [1.54, 1.807) is 7.05 Å². The monoisotopic (exact) mass is 115 g/mol. The number of nitrogens with zero attached hydrogens (tertiary/aromatic N) is 2. The van der Waals surface area contributed by atoms with Crippen molar-refractivity contribution in [2.45, 2.75) is 6.92 Å². The van der Waals surface area contributed by atoms with Crippen molar-refractivity contribution in [2.24, 2.45) is 5.10 Å². The van der Waals surface area contributed by atoms with Crippen LogP contribution in [0, 0.1) is 0 Å². The molecule has 0 aliphatic rings. The zero-order valence-electron chi connectivity index (χ0n) is 5.01. The second kappa shape index (κ2) is 3.01. The molecule has 0 radical (unpaired) electrons. The van der Waals surface area contributed by atoms with Gasteiger partial charge in [0, 0.05) is 20.7 Å². The molecule has 0 aliphatic carbocycles. The number of hydrogen-bond acceptors (Lipinski definition) is 3. The van der Waals surface area contributed by atoms with Crippen LogP contribution in [0.15, 0.2) is 5.10 Å². The molecule has 0 aromatic carbocycles. The van der Waals surface area contributed by atoms with Crippen LogP contribution in [0.4, 0.5) is 0 Å². The third-order valence-corrected chi connectivity index (χ3v) is 0.531. The minimum Gasteiger partial charge on any atom is -0.274 e. The molecule has 0 saturated carbocycles. The molecule has 0 spiro atoms. The van der Waals surface area contributed by atoms with E-state index < -0.39 is 0 Å². The third-order valence-electron chi connectivity index (χ3n) is 0.531. The van der Waals surface area contributed by atoms with Crippen LogP contribution in [0.2, 0.25) is 0 Å². The molecular weight excluding hydrogens is 106 g/mol.